The average Bonchev–Trinajstić information content (AvgIpc) is 2.63. The fourth-order valence-electron chi connectivity index (χ4n) is 3.22. The van der Waals surface area contributed by atoms with Crippen LogP contribution in [0.5, 0.6) is 0 Å². The number of hydrogen-bond acceptors (Lipinski definition) is 2. The molecule has 0 N–H and O–H groups in total. The van der Waals surface area contributed by atoms with Crippen LogP contribution in [0.2, 0.25) is 6.04 Å². The molecular weight excluding hydrogens is 324 g/mol. The van der Waals surface area contributed by atoms with Crippen LogP contribution in [0.25, 0.3) is 0 Å². The van der Waals surface area contributed by atoms with Crippen molar-refractivity contribution in [1.82, 2.24) is 0 Å². The van der Waals surface area contributed by atoms with E-state index in [0.29, 0.717) is 0 Å². The van der Waals surface area contributed by atoms with E-state index in [1.807, 2.05) is 0 Å². The van der Waals surface area contributed by atoms with Crippen LogP contribution in [0.1, 0.15) is 124 Å². The van der Waals surface area contributed by atoms with E-state index in [0.717, 1.165) is 26.1 Å². The quantitative estimate of drug-likeness (QED) is 0.153. The van der Waals surface area contributed by atoms with E-state index < -0.39 is 9.28 Å². The normalized spacial score (nSPS) is 11.5. The Balaban J connectivity index is 3.27. The first-order valence-electron chi connectivity index (χ1n) is 11.6. The molecular formula is C22H48O2Si. The van der Waals surface area contributed by atoms with Crippen LogP contribution in [-0.4, -0.2) is 22.5 Å². The van der Waals surface area contributed by atoms with Gasteiger partial charge in [0.05, 0.1) is 0 Å². The summed E-state index contributed by atoms with van der Waals surface area (Å²) in [6, 6.07) is 1.21. The lowest BCUT2D eigenvalue weighted by molar-refractivity contribution is 0.195. The Bertz CT molecular complexity index is 228. The number of unbranched alkanes of at least 4 members (excludes halogenated alkanes) is 13. The second-order valence-electron chi connectivity index (χ2n) is 7.56. The molecule has 0 amide bonds. The number of hydrogen-bond donors (Lipinski definition) is 0. The maximum atomic E-state index is 5.92. The van der Waals surface area contributed by atoms with E-state index in [-0.39, 0.29) is 0 Å². The molecule has 3 heteroatoms. The summed E-state index contributed by atoms with van der Waals surface area (Å²) in [5.74, 6) is 0. The third-order valence-electron chi connectivity index (χ3n) is 4.81. The molecule has 152 valence electrons. The molecule has 0 radical (unpaired) electrons. The summed E-state index contributed by atoms with van der Waals surface area (Å²) < 4.78 is 11.8. The molecule has 0 aromatic rings. The van der Waals surface area contributed by atoms with Gasteiger partial charge in [-0.25, -0.2) is 0 Å². The van der Waals surface area contributed by atoms with Crippen LogP contribution in [0.15, 0.2) is 0 Å². The lowest BCUT2D eigenvalue weighted by Gasteiger charge is -2.16. The van der Waals surface area contributed by atoms with Crippen LogP contribution in [0.4, 0.5) is 0 Å². The molecule has 0 aliphatic heterocycles. The van der Waals surface area contributed by atoms with Gasteiger partial charge in [0.15, 0.2) is 0 Å². The molecule has 0 aromatic heterocycles. The maximum Gasteiger partial charge on any atom is 0.321 e. The smallest absolute Gasteiger partial charge is 0.321 e. The van der Waals surface area contributed by atoms with E-state index in [1.54, 1.807) is 0 Å². The average molecular weight is 373 g/mol. The van der Waals surface area contributed by atoms with Gasteiger partial charge in [0.1, 0.15) is 0 Å². The highest BCUT2D eigenvalue weighted by atomic mass is 28.3. The van der Waals surface area contributed by atoms with E-state index in [1.165, 1.54) is 95.9 Å². The third kappa shape index (κ3) is 20.3. The van der Waals surface area contributed by atoms with Gasteiger partial charge < -0.3 is 8.85 Å². The van der Waals surface area contributed by atoms with Gasteiger partial charge in [-0.05, 0) is 18.9 Å². The van der Waals surface area contributed by atoms with Crippen molar-refractivity contribution >= 4 is 9.28 Å². The fraction of sp³-hybridized carbons (Fsp3) is 1.00. The Labute approximate surface area is 161 Å². The van der Waals surface area contributed by atoms with Crippen molar-refractivity contribution in [2.75, 3.05) is 13.2 Å². The van der Waals surface area contributed by atoms with Gasteiger partial charge in [-0.2, -0.15) is 0 Å². The second-order valence-corrected chi connectivity index (χ2v) is 9.66. The van der Waals surface area contributed by atoms with Gasteiger partial charge in [0, 0.05) is 13.2 Å². The Morgan fingerprint density at radius 1 is 0.440 bits per heavy atom. The van der Waals surface area contributed by atoms with Crippen molar-refractivity contribution in [3.8, 4) is 0 Å². The van der Waals surface area contributed by atoms with Crippen molar-refractivity contribution in [3.05, 3.63) is 0 Å². The van der Waals surface area contributed by atoms with Gasteiger partial charge in [0.2, 0.25) is 0 Å². The lowest BCUT2D eigenvalue weighted by atomic mass is 10.0. The van der Waals surface area contributed by atoms with Gasteiger partial charge in [-0.1, -0.05) is 111 Å². The molecule has 0 bridgehead atoms. The first-order chi connectivity index (χ1) is 12.3. The monoisotopic (exact) mass is 372 g/mol. The largest absolute Gasteiger partial charge is 0.397 e. The SMILES string of the molecule is CCCCCCCCCCCCCCCC[SiH](OCCC)OCCC. The Morgan fingerprint density at radius 3 is 1.16 bits per heavy atom. The first kappa shape index (κ1) is 25.1. The Kier molecular flexibility index (Phi) is 22.3. The Hall–Kier alpha value is 0.137. The summed E-state index contributed by atoms with van der Waals surface area (Å²) in [5.41, 5.74) is 0. The molecule has 0 aliphatic carbocycles. The molecule has 0 heterocycles. The zero-order valence-electron chi connectivity index (χ0n) is 17.8. The molecule has 0 fully saturated rings. The molecule has 0 aromatic carbocycles. The molecule has 0 aliphatic rings. The third-order valence-corrected chi connectivity index (χ3v) is 6.90. The van der Waals surface area contributed by atoms with E-state index in [2.05, 4.69) is 20.8 Å². The minimum absolute atomic E-state index is 0.888. The van der Waals surface area contributed by atoms with Crippen LogP contribution in [-0.2, 0) is 8.85 Å². The summed E-state index contributed by atoms with van der Waals surface area (Å²) in [6.07, 6.45) is 22.2. The minimum Gasteiger partial charge on any atom is -0.397 e. The van der Waals surface area contributed by atoms with Crippen molar-refractivity contribution in [2.45, 2.75) is 130 Å². The zero-order chi connectivity index (χ0) is 18.4. The zero-order valence-corrected chi connectivity index (χ0v) is 19.0. The van der Waals surface area contributed by atoms with Crippen LogP contribution in [0.3, 0.4) is 0 Å². The minimum atomic E-state index is -1.36. The van der Waals surface area contributed by atoms with Crippen molar-refractivity contribution < 1.29 is 8.85 Å². The highest BCUT2D eigenvalue weighted by Gasteiger charge is 2.12. The second kappa shape index (κ2) is 22.2. The lowest BCUT2D eigenvalue weighted by Crippen LogP contribution is -2.23. The molecule has 0 saturated heterocycles. The maximum absolute atomic E-state index is 5.92. The predicted molar refractivity (Wildman–Crippen MR) is 115 cm³/mol. The highest BCUT2D eigenvalue weighted by Crippen LogP contribution is 2.14. The van der Waals surface area contributed by atoms with Crippen LogP contribution >= 0.6 is 0 Å². The predicted octanol–water partition coefficient (Wildman–Crippen LogP) is 7.54. The van der Waals surface area contributed by atoms with Gasteiger partial charge in [0.25, 0.3) is 0 Å². The number of rotatable bonds is 21. The summed E-state index contributed by atoms with van der Waals surface area (Å²) >= 11 is 0. The summed E-state index contributed by atoms with van der Waals surface area (Å²) in [4.78, 5) is 0. The molecule has 25 heavy (non-hydrogen) atoms. The standard InChI is InChI=1S/C22H48O2Si/c1-4-7-8-9-10-11-12-13-14-15-16-17-18-19-22-25(23-20-5-2)24-21-6-3/h25H,4-22H2,1-3H3. The summed E-state index contributed by atoms with van der Waals surface area (Å²) in [5, 5.41) is 0. The molecule has 0 unspecified atom stereocenters. The van der Waals surface area contributed by atoms with Crippen molar-refractivity contribution in [2.24, 2.45) is 0 Å². The van der Waals surface area contributed by atoms with Crippen LogP contribution in [0, 0.1) is 0 Å². The van der Waals surface area contributed by atoms with Gasteiger partial charge in [-0.3, -0.25) is 0 Å². The molecule has 0 saturated carbocycles. The van der Waals surface area contributed by atoms with Crippen molar-refractivity contribution in [3.63, 3.8) is 0 Å². The summed E-state index contributed by atoms with van der Waals surface area (Å²) in [7, 11) is -1.36. The van der Waals surface area contributed by atoms with E-state index in [9.17, 15) is 0 Å². The van der Waals surface area contributed by atoms with Crippen molar-refractivity contribution in [1.29, 1.82) is 0 Å². The summed E-state index contributed by atoms with van der Waals surface area (Å²) in [6.45, 7) is 8.43. The molecule has 0 rings (SSSR count). The Morgan fingerprint density at radius 2 is 0.800 bits per heavy atom. The van der Waals surface area contributed by atoms with E-state index >= 15 is 0 Å². The van der Waals surface area contributed by atoms with Gasteiger partial charge >= 0.3 is 9.28 Å². The fourth-order valence-corrected chi connectivity index (χ4v) is 5.27. The van der Waals surface area contributed by atoms with Gasteiger partial charge in [-0.15, -0.1) is 0 Å². The first-order valence-corrected chi connectivity index (χ1v) is 13.3. The topological polar surface area (TPSA) is 18.5 Å². The molecule has 2 nitrogen and oxygen atoms in total. The molecule has 0 spiro atoms. The van der Waals surface area contributed by atoms with E-state index in [4.69, 9.17) is 8.85 Å². The van der Waals surface area contributed by atoms with Crippen LogP contribution < -0.4 is 0 Å². The highest BCUT2D eigenvalue weighted by molar-refractivity contribution is 6.44. The molecule has 0 atom stereocenters.